The fourth-order valence-electron chi connectivity index (χ4n) is 3.90. The lowest BCUT2D eigenvalue weighted by Crippen LogP contribution is -2.51. The Labute approximate surface area is 230 Å². The highest BCUT2D eigenvalue weighted by Crippen LogP contribution is 2.30. The number of carbonyl (C=O) groups is 2. The number of hydrogen-bond donors (Lipinski definition) is 1. The molecule has 0 radical (unpaired) electrons. The molecule has 0 heterocycles. The molecule has 0 aliphatic heterocycles. The molecule has 0 aromatic heterocycles. The molecule has 3 aromatic carbocycles. The van der Waals surface area contributed by atoms with Gasteiger partial charge in [0.1, 0.15) is 12.6 Å². The highest BCUT2D eigenvalue weighted by atomic mass is 35.5. The highest BCUT2D eigenvalue weighted by Gasteiger charge is 2.33. The summed E-state index contributed by atoms with van der Waals surface area (Å²) in [7, 11) is -4.14. The van der Waals surface area contributed by atoms with Crippen molar-refractivity contribution >= 4 is 39.1 Å². The van der Waals surface area contributed by atoms with Gasteiger partial charge in [0.2, 0.25) is 11.8 Å². The maximum absolute atomic E-state index is 13.9. The average molecular weight is 556 g/mol. The Kier molecular flexibility index (Phi) is 9.94. The van der Waals surface area contributed by atoms with Gasteiger partial charge in [-0.15, -0.1) is 0 Å². The number of benzene rings is 3. The molecule has 0 spiro atoms. The summed E-state index contributed by atoms with van der Waals surface area (Å²) in [5, 5.41) is 3.22. The van der Waals surface area contributed by atoms with Crippen LogP contribution in [-0.4, -0.2) is 44.3 Å². The zero-order valence-corrected chi connectivity index (χ0v) is 23.7. The van der Waals surface area contributed by atoms with E-state index in [1.165, 1.54) is 23.1 Å². The fourth-order valence-corrected chi connectivity index (χ4v) is 5.56. The maximum atomic E-state index is 13.9. The Bertz CT molecular complexity index is 1350. The second-order valence-corrected chi connectivity index (χ2v) is 11.9. The summed E-state index contributed by atoms with van der Waals surface area (Å²) >= 11 is 6.25. The third-order valence-electron chi connectivity index (χ3n) is 6.10. The summed E-state index contributed by atoms with van der Waals surface area (Å²) in [5.41, 5.74) is 1.76. The number of hydrogen-bond acceptors (Lipinski definition) is 4. The number of aryl methyl sites for hydroxylation is 1. The molecule has 38 heavy (non-hydrogen) atoms. The Balaban J connectivity index is 2.03. The molecule has 0 fully saturated rings. The molecule has 1 N–H and O–H groups in total. The van der Waals surface area contributed by atoms with Gasteiger partial charge in [-0.3, -0.25) is 13.9 Å². The normalized spacial score (nSPS) is 12.2. The maximum Gasteiger partial charge on any atom is 0.264 e. The molecule has 0 bridgehead atoms. The lowest BCUT2D eigenvalue weighted by Gasteiger charge is -2.32. The van der Waals surface area contributed by atoms with Gasteiger partial charge in [0, 0.05) is 18.1 Å². The largest absolute Gasteiger partial charge is 0.354 e. The summed E-state index contributed by atoms with van der Waals surface area (Å²) in [6.07, 6.45) is 0. The molecule has 0 aliphatic rings. The van der Waals surface area contributed by atoms with Crippen LogP contribution >= 0.6 is 11.6 Å². The third kappa shape index (κ3) is 7.36. The quantitative estimate of drug-likeness (QED) is 0.359. The van der Waals surface area contributed by atoms with Gasteiger partial charge in [0.15, 0.2) is 0 Å². The van der Waals surface area contributed by atoms with Crippen molar-refractivity contribution in [3.63, 3.8) is 0 Å². The Morgan fingerprint density at radius 2 is 1.53 bits per heavy atom. The van der Waals surface area contributed by atoms with Crippen molar-refractivity contribution in [1.29, 1.82) is 0 Å². The van der Waals surface area contributed by atoms with E-state index in [2.05, 4.69) is 5.32 Å². The summed E-state index contributed by atoms with van der Waals surface area (Å²) in [6, 6.07) is 21.3. The van der Waals surface area contributed by atoms with Crippen LogP contribution in [0.25, 0.3) is 0 Å². The van der Waals surface area contributed by atoms with E-state index < -0.39 is 28.5 Å². The Hall–Kier alpha value is -3.36. The van der Waals surface area contributed by atoms with Crippen LogP contribution in [0.2, 0.25) is 5.02 Å². The summed E-state index contributed by atoms with van der Waals surface area (Å²) in [5.74, 6) is -0.582. The van der Waals surface area contributed by atoms with Crippen molar-refractivity contribution in [3.05, 3.63) is 95.0 Å². The zero-order valence-electron chi connectivity index (χ0n) is 22.1. The van der Waals surface area contributed by atoms with Crippen LogP contribution in [0.5, 0.6) is 0 Å². The number of nitrogens with zero attached hydrogens (tertiary/aromatic N) is 2. The van der Waals surface area contributed by atoms with Crippen molar-refractivity contribution < 1.29 is 18.0 Å². The van der Waals surface area contributed by atoms with Crippen molar-refractivity contribution in [3.8, 4) is 0 Å². The number of carbonyl (C=O) groups excluding carboxylic acids is 2. The van der Waals surface area contributed by atoms with Crippen LogP contribution in [0.3, 0.4) is 0 Å². The summed E-state index contributed by atoms with van der Waals surface area (Å²) in [6.45, 7) is 7.48. The van der Waals surface area contributed by atoms with Gasteiger partial charge in [-0.2, -0.15) is 0 Å². The minimum atomic E-state index is -4.14. The molecule has 3 aromatic rings. The highest BCUT2D eigenvalue weighted by molar-refractivity contribution is 7.92. The summed E-state index contributed by atoms with van der Waals surface area (Å²) < 4.78 is 28.7. The van der Waals surface area contributed by atoms with E-state index in [0.717, 1.165) is 9.87 Å². The number of nitrogens with one attached hydrogen (secondary N) is 1. The van der Waals surface area contributed by atoms with Crippen molar-refractivity contribution in [2.45, 2.75) is 45.2 Å². The lowest BCUT2D eigenvalue weighted by molar-refractivity contribution is -0.139. The van der Waals surface area contributed by atoms with Crippen LogP contribution < -0.4 is 9.62 Å². The summed E-state index contributed by atoms with van der Waals surface area (Å²) in [4.78, 5) is 28.4. The SMILES string of the molecule is Cc1ccc(Cl)cc1N(CC(=O)N(Cc1ccccc1)[C@H](C)C(=O)NCC(C)C)S(=O)(=O)c1ccccc1. The number of rotatable bonds is 11. The zero-order chi connectivity index (χ0) is 27.9. The van der Waals surface area contributed by atoms with Crippen LogP contribution in [0, 0.1) is 12.8 Å². The molecule has 0 aliphatic carbocycles. The Morgan fingerprint density at radius 1 is 0.921 bits per heavy atom. The molecule has 202 valence electrons. The van der Waals surface area contributed by atoms with Gasteiger partial charge in [-0.1, -0.05) is 80.0 Å². The van der Waals surface area contributed by atoms with E-state index in [1.54, 1.807) is 44.2 Å². The molecule has 1 atom stereocenters. The number of amides is 2. The van der Waals surface area contributed by atoms with E-state index in [4.69, 9.17) is 11.6 Å². The Morgan fingerprint density at radius 3 is 2.13 bits per heavy atom. The first-order valence-corrected chi connectivity index (χ1v) is 14.3. The molecule has 3 rings (SSSR count). The number of halogens is 1. The minimum absolute atomic E-state index is 0.0458. The van der Waals surface area contributed by atoms with Crippen LogP contribution in [0.4, 0.5) is 5.69 Å². The van der Waals surface area contributed by atoms with E-state index in [9.17, 15) is 18.0 Å². The van der Waals surface area contributed by atoms with Gasteiger partial charge in [-0.05, 0) is 55.2 Å². The molecule has 7 nitrogen and oxygen atoms in total. The smallest absolute Gasteiger partial charge is 0.264 e. The first kappa shape index (κ1) is 29.2. The third-order valence-corrected chi connectivity index (χ3v) is 8.11. The first-order chi connectivity index (χ1) is 18.0. The van der Waals surface area contributed by atoms with E-state index in [0.29, 0.717) is 22.8 Å². The van der Waals surface area contributed by atoms with E-state index in [-0.39, 0.29) is 23.3 Å². The van der Waals surface area contributed by atoms with Crippen LogP contribution in [0.15, 0.2) is 83.8 Å². The average Bonchev–Trinajstić information content (AvgIpc) is 2.91. The number of anilines is 1. The predicted octanol–water partition coefficient (Wildman–Crippen LogP) is 5.03. The topological polar surface area (TPSA) is 86.8 Å². The standard InChI is InChI=1S/C29H34ClN3O4S/c1-21(2)18-31-29(35)23(4)32(19-24-11-7-5-8-12-24)28(34)20-33(27-17-25(30)16-15-22(27)3)38(36,37)26-13-9-6-10-14-26/h5-17,21,23H,18-20H2,1-4H3,(H,31,35)/t23-/m1/s1. The molecular formula is C29H34ClN3O4S. The number of sulfonamides is 1. The van der Waals surface area contributed by atoms with Gasteiger partial charge < -0.3 is 10.2 Å². The first-order valence-electron chi connectivity index (χ1n) is 12.5. The van der Waals surface area contributed by atoms with Crippen molar-refractivity contribution in [2.24, 2.45) is 5.92 Å². The molecule has 9 heteroatoms. The molecule has 2 amide bonds. The molecule has 0 unspecified atom stereocenters. The van der Waals surface area contributed by atoms with Gasteiger partial charge >= 0.3 is 0 Å². The van der Waals surface area contributed by atoms with Crippen molar-refractivity contribution in [1.82, 2.24) is 10.2 Å². The van der Waals surface area contributed by atoms with Crippen LogP contribution in [0.1, 0.15) is 31.9 Å². The van der Waals surface area contributed by atoms with Crippen LogP contribution in [-0.2, 0) is 26.2 Å². The fraction of sp³-hybridized carbons (Fsp3) is 0.310. The van der Waals surface area contributed by atoms with Gasteiger partial charge in [0.25, 0.3) is 10.0 Å². The minimum Gasteiger partial charge on any atom is -0.354 e. The second kappa shape index (κ2) is 12.9. The van der Waals surface area contributed by atoms with Gasteiger partial charge in [0.05, 0.1) is 10.6 Å². The van der Waals surface area contributed by atoms with E-state index >= 15 is 0 Å². The predicted molar refractivity (Wildman–Crippen MR) is 151 cm³/mol. The molecular weight excluding hydrogens is 522 g/mol. The van der Waals surface area contributed by atoms with Gasteiger partial charge in [-0.25, -0.2) is 8.42 Å². The monoisotopic (exact) mass is 555 g/mol. The van der Waals surface area contributed by atoms with Crippen molar-refractivity contribution in [2.75, 3.05) is 17.4 Å². The lowest BCUT2D eigenvalue weighted by atomic mass is 10.1. The van der Waals surface area contributed by atoms with E-state index in [1.807, 2.05) is 44.2 Å². The molecule has 0 saturated heterocycles. The second-order valence-electron chi connectivity index (χ2n) is 9.58. The molecule has 0 saturated carbocycles.